The molecule has 0 bridgehead atoms. The first-order valence-electron chi connectivity index (χ1n) is 7.20. The van der Waals surface area contributed by atoms with Crippen LogP contribution in [0.2, 0.25) is 0 Å². The summed E-state index contributed by atoms with van der Waals surface area (Å²) >= 11 is 1.20. The molecule has 120 valence electrons. The topological polar surface area (TPSA) is 80.5 Å². The molecule has 1 heterocycles. The van der Waals surface area contributed by atoms with Gasteiger partial charge in [-0.15, -0.1) is 11.3 Å². The Morgan fingerprint density at radius 3 is 2.10 bits per heavy atom. The zero-order chi connectivity index (χ0) is 16.2. The van der Waals surface area contributed by atoms with Gasteiger partial charge in [0.1, 0.15) is 9.90 Å². The molecule has 1 rings (SSSR count). The van der Waals surface area contributed by atoms with E-state index in [9.17, 15) is 13.2 Å². The molecule has 5 nitrogen and oxygen atoms in total. The Labute approximate surface area is 131 Å². The lowest BCUT2D eigenvalue weighted by Gasteiger charge is -2.23. The number of anilines is 2. The van der Waals surface area contributed by atoms with Gasteiger partial charge in [-0.3, -0.25) is 4.79 Å². The average Bonchev–Trinajstić information content (AvgIpc) is 2.77. The summed E-state index contributed by atoms with van der Waals surface area (Å²) in [5, 5.41) is 0.614. The number of carbonyl (C=O) groups excluding carboxylic acids is 1. The minimum Gasteiger partial charge on any atom is -0.396 e. The van der Waals surface area contributed by atoms with E-state index in [1.54, 1.807) is 6.92 Å². The summed E-state index contributed by atoms with van der Waals surface area (Å²) in [6.45, 7) is 8.58. The molecule has 0 saturated heterocycles. The van der Waals surface area contributed by atoms with E-state index in [0.29, 0.717) is 9.88 Å². The Morgan fingerprint density at radius 2 is 1.71 bits per heavy atom. The Balaban J connectivity index is 3.55. The van der Waals surface area contributed by atoms with E-state index >= 15 is 0 Å². The maximum Gasteiger partial charge on any atom is 0.183 e. The van der Waals surface area contributed by atoms with Gasteiger partial charge < -0.3 is 10.6 Å². The van der Waals surface area contributed by atoms with Gasteiger partial charge in [-0.2, -0.15) is 0 Å². The van der Waals surface area contributed by atoms with Crippen LogP contribution in [0.5, 0.6) is 0 Å². The maximum absolute atomic E-state index is 12.4. The van der Waals surface area contributed by atoms with Crippen LogP contribution in [-0.4, -0.2) is 33.0 Å². The molecule has 0 aliphatic heterocycles. The lowest BCUT2D eigenvalue weighted by atomic mass is 10.3. The summed E-state index contributed by atoms with van der Waals surface area (Å²) < 4.78 is 24.8. The molecule has 0 atom stereocenters. The summed E-state index contributed by atoms with van der Waals surface area (Å²) in [4.78, 5) is 14.2. The van der Waals surface area contributed by atoms with E-state index in [1.165, 1.54) is 18.3 Å². The monoisotopic (exact) mass is 332 g/mol. The van der Waals surface area contributed by atoms with Crippen molar-refractivity contribution in [3.63, 3.8) is 0 Å². The molecule has 0 aliphatic carbocycles. The zero-order valence-electron chi connectivity index (χ0n) is 13.1. The summed E-state index contributed by atoms with van der Waals surface area (Å²) in [5.74, 6) is -0.214. The normalized spacial score (nSPS) is 11.6. The Bertz CT molecular complexity index is 600. The fourth-order valence-electron chi connectivity index (χ4n) is 2.19. The second kappa shape index (κ2) is 7.26. The molecule has 0 aliphatic rings. The van der Waals surface area contributed by atoms with Gasteiger partial charge in [-0.05, 0) is 12.8 Å². The van der Waals surface area contributed by atoms with Crippen molar-refractivity contribution in [2.75, 3.05) is 29.5 Å². The number of nitrogen functional groups attached to an aromatic ring is 1. The minimum absolute atomic E-state index is 0.0234. The molecule has 0 unspecified atom stereocenters. The highest BCUT2D eigenvalue weighted by Gasteiger charge is 2.29. The standard InChI is InChI=1S/C14H24N2O3S2/c1-5-8-16(9-6-2)14-13(21(18,19)7-3)11(15)12(20-14)10(4)17/h5-9,15H2,1-4H3. The van der Waals surface area contributed by atoms with Gasteiger partial charge in [-0.1, -0.05) is 20.8 Å². The lowest BCUT2D eigenvalue weighted by Crippen LogP contribution is -2.25. The van der Waals surface area contributed by atoms with Gasteiger partial charge in [0.05, 0.1) is 16.3 Å². The van der Waals surface area contributed by atoms with Gasteiger partial charge in [0.2, 0.25) is 0 Å². The van der Waals surface area contributed by atoms with E-state index < -0.39 is 9.84 Å². The molecular formula is C14H24N2O3S2. The van der Waals surface area contributed by atoms with Gasteiger partial charge in [-0.25, -0.2) is 8.42 Å². The molecule has 1 aromatic rings. The van der Waals surface area contributed by atoms with Crippen molar-refractivity contribution in [3.05, 3.63) is 4.88 Å². The number of hydrogen-bond acceptors (Lipinski definition) is 6. The molecule has 0 saturated carbocycles. The number of nitrogens with two attached hydrogens (primary N) is 1. The van der Waals surface area contributed by atoms with E-state index in [1.807, 2.05) is 18.7 Å². The zero-order valence-corrected chi connectivity index (χ0v) is 14.7. The molecule has 1 aromatic heterocycles. The third kappa shape index (κ3) is 3.77. The second-order valence-electron chi connectivity index (χ2n) is 4.93. The van der Waals surface area contributed by atoms with E-state index in [-0.39, 0.29) is 22.1 Å². The molecule has 0 aromatic carbocycles. The van der Waals surface area contributed by atoms with Gasteiger partial charge >= 0.3 is 0 Å². The third-order valence-corrected chi connectivity index (χ3v) is 6.46. The van der Waals surface area contributed by atoms with Crippen LogP contribution in [0, 0.1) is 0 Å². The van der Waals surface area contributed by atoms with Crippen LogP contribution >= 0.6 is 11.3 Å². The second-order valence-corrected chi connectivity index (χ2v) is 8.14. The van der Waals surface area contributed by atoms with Crippen LogP contribution in [0.1, 0.15) is 50.2 Å². The maximum atomic E-state index is 12.4. The van der Waals surface area contributed by atoms with Crippen molar-refractivity contribution in [2.45, 2.75) is 45.4 Å². The number of ketones is 1. The van der Waals surface area contributed by atoms with Gasteiger partial charge in [0.15, 0.2) is 15.6 Å². The summed E-state index contributed by atoms with van der Waals surface area (Å²) in [6, 6.07) is 0. The molecule has 0 spiro atoms. The predicted octanol–water partition coefficient (Wildman–Crippen LogP) is 2.95. The van der Waals surface area contributed by atoms with Crippen LogP contribution in [-0.2, 0) is 9.84 Å². The van der Waals surface area contributed by atoms with Gasteiger partial charge in [0.25, 0.3) is 0 Å². The largest absolute Gasteiger partial charge is 0.396 e. The number of thiophene rings is 1. The van der Waals surface area contributed by atoms with Crippen LogP contribution < -0.4 is 10.6 Å². The van der Waals surface area contributed by atoms with Crippen LogP contribution in [0.4, 0.5) is 10.7 Å². The number of hydrogen-bond donors (Lipinski definition) is 1. The fraction of sp³-hybridized carbons (Fsp3) is 0.643. The lowest BCUT2D eigenvalue weighted by molar-refractivity contribution is 0.102. The van der Waals surface area contributed by atoms with Crippen molar-refractivity contribution in [2.24, 2.45) is 0 Å². The minimum atomic E-state index is -3.46. The summed E-state index contributed by atoms with van der Waals surface area (Å²) in [6.07, 6.45) is 1.80. The van der Waals surface area contributed by atoms with Crippen molar-refractivity contribution < 1.29 is 13.2 Å². The first-order chi connectivity index (χ1) is 9.80. The van der Waals surface area contributed by atoms with E-state index in [4.69, 9.17) is 5.73 Å². The molecule has 0 radical (unpaired) electrons. The first-order valence-corrected chi connectivity index (χ1v) is 9.67. The molecule has 0 amide bonds. The van der Waals surface area contributed by atoms with Crippen molar-refractivity contribution in [3.8, 4) is 0 Å². The highest BCUT2D eigenvalue weighted by atomic mass is 32.2. The van der Waals surface area contributed by atoms with Crippen molar-refractivity contribution in [1.82, 2.24) is 0 Å². The molecule has 21 heavy (non-hydrogen) atoms. The highest BCUT2D eigenvalue weighted by molar-refractivity contribution is 7.92. The Morgan fingerprint density at radius 1 is 1.19 bits per heavy atom. The fourth-order valence-corrected chi connectivity index (χ4v) is 4.94. The number of nitrogens with zero attached hydrogens (tertiary/aromatic N) is 1. The number of sulfone groups is 1. The van der Waals surface area contributed by atoms with Crippen molar-refractivity contribution in [1.29, 1.82) is 0 Å². The summed E-state index contributed by atoms with van der Waals surface area (Å²) in [5.41, 5.74) is 6.09. The van der Waals surface area contributed by atoms with Crippen LogP contribution in [0.15, 0.2) is 4.90 Å². The quantitative estimate of drug-likeness (QED) is 0.740. The highest BCUT2D eigenvalue weighted by Crippen LogP contribution is 2.42. The number of rotatable bonds is 8. The molecule has 2 N–H and O–H groups in total. The smallest absolute Gasteiger partial charge is 0.183 e. The van der Waals surface area contributed by atoms with Crippen LogP contribution in [0.3, 0.4) is 0 Å². The first kappa shape index (κ1) is 18.0. The number of Topliss-reactive ketones (excluding diaryl/α,β-unsaturated/α-hetero) is 1. The van der Waals surface area contributed by atoms with E-state index in [0.717, 1.165) is 25.9 Å². The van der Waals surface area contributed by atoms with Gasteiger partial charge in [0, 0.05) is 20.0 Å². The SMILES string of the molecule is CCCN(CCC)c1sc(C(C)=O)c(N)c1S(=O)(=O)CC. The average molecular weight is 332 g/mol. The third-order valence-electron chi connectivity index (χ3n) is 3.17. The Kier molecular flexibility index (Phi) is 6.22. The molecule has 0 fully saturated rings. The predicted molar refractivity (Wildman–Crippen MR) is 89.3 cm³/mol. The summed E-state index contributed by atoms with van der Waals surface area (Å²) in [7, 11) is -3.46. The van der Waals surface area contributed by atoms with Crippen molar-refractivity contribution >= 4 is 37.6 Å². The van der Waals surface area contributed by atoms with E-state index in [2.05, 4.69) is 0 Å². The van der Waals surface area contributed by atoms with Crippen LogP contribution in [0.25, 0.3) is 0 Å². The molecule has 7 heteroatoms. The molecular weight excluding hydrogens is 308 g/mol. The Hall–Kier alpha value is -1.08. The number of carbonyl (C=O) groups is 1.